The number of hydrogen-bond donors (Lipinski definition) is 0. The molecule has 4 aromatic carbocycles. The van der Waals surface area contributed by atoms with Gasteiger partial charge in [0.05, 0.1) is 40.1 Å². The predicted octanol–water partition coefficient (Wildman–Crippen LogP) is 5.71. The van der Waals surface area contributed by atoms with Gasteiger partial charge in [-0.1, -0.05) is 89.7 Å². The zero-order chi connectivity index (χ0) is 30.8. The fourth-order valence-electron chi connectivity index (χ4n) is 5.45. The molecule has 0 bridgehead atoms. The lowest BCUT2D eigenvalue weighted by Gasteiger charge is -2.24. The Bertz CT molecular complexity index is 2170. The van der Waals surface area contributed by atoms with E-state index in [9.17, 15) is 14.9 Å². The van der Waals surface area contributed by atoms with Crippen molar-refractivity contribution in [3.8, 4) is 11.8 Å². The maximum atomic E-state index is 14.2. The van der Waals surface area contributed by atoms with E-state index in [1.165, 1.54) is 11.3 Å². The summed E-state index contributed by atoms with van der Waals surface area (Å²) < 4.78 is 13.8. The van der Waals surface area contributed by atoms with Gasteiger partial charge in [-0.05, 0) is 55.3 Å². The summed E-state index contributed by atoms with van der Waals surface area (Å²) in [5.41, 5.74) is 4.54. The monoisotopic (exact) mass is 599 g/mol. The van der Waals surface area contributed by atoms with Crippen LogP contribution in [-0.2, 0) is 16.1 Å². The molecule has 0 N–H and O–H groups in total. The Morgan fingerprint density at radius 3 is 2.55 bits per heavy atom. The van der Waals surface area contributed by atoms with Crippen molar-refractivity contribution in [3.05, 3.63) is 144 Å². The second-order valence-electron chi connectivity index (χ2n) is 10.5. The summed E-state index contributed by atoms with van der Waals surface area (Å²) in [6.07, 6.45) is 1.84. The Kier molecular flexibility index (Phi) is 7.97. The van der Waals surface area contributed by atoms with Gasteiger partial charge in [0.1, 0.15) is 12.4 Å². The van der Waals surface area contributed by atoms with E-state index >= 15 is 0 Å². The minimum atomic E-state index is -0.682. The minimum Gasteiger partial charge on any atom is -0.488 e. The van der Waals surface area contributed by atoms with Gasteiger partial charge < -0.3 is 9.47 Å². The number of thiazole rings is 1. The number of ether oxygens (including phenoxy) is 2. The fraction of sp³-hybridized carbons (Fsp3) is 0.167. The highest BCUT2D eigenvalue weighted by atomic mass is 32.1. The standard InChI is InChI=1S/C36H29N3O4S/c1-4-42-35(41)32-23(3)38-36-39(33(32)25-15-13-22(2)14-16-25)34(40)31(44-36)19-29-28-12-8-7-9-24(28)17-18-30(29)43-21-27-11-6-5-10-26(27)20-37/h5-19,33H,4,21H2,1-3H3/b31-19-/t33-/m0/s1. The first-order valence-electron chi connectivity index (χ1n) is 14.3. The number of allylic oxidation sites excluding steroid dienone is 1. The smallest absolute Gasteiger partial charge is 0.338 e. The van der Waals surface area contributed by atoms with Crippen molar-refractivity contribution in [1.82, 2.24) is 4.57 Å². The largest absolute Gasteiger partial charge is 0.488 e. The van der Waals surface area contributed by atoms with E-state index in [0.717, 1.165) is 33.0 Å². The van der Waals surface area contributed by atoms with Crippen LogP contribution in [0.5, 0.6) is 5.75 Å². The summed E-state index contributed by atoms with van der Waals surface area (Å²) in [6.45, 7) is 5.93. The molecule has 7 nitrogen and oxygen atoms in total. The third-order valence-corrected chi connectivity index (χ3v) is 8.62. The fourth-order valence-corrected chi connectivity index (χ4v) is 6.48. The van der Waals surface area contributed by atoms with Crippen molar-refractivity contribution in [3.63, 3.8) is 0 Å². The molecule has 0 radical (unpaired) electrons. The Balaban J connectivity index is 1.53. The Hall–Kier alpha value is -5.26. The lowest BCUT2D eigenvalue weighted by Crippen LogP contribution is -2.39. The van der Waals surface area contributed by atoms with Crippen LogP contribution >= 0.6 is 11.3 Å². The first kappa shape index (κ1) is 28.8. The van der Waals surface area contributed by atoms with Crippen molar-refractivity contribution in [2.24, 2.45) is 4.99 Å². The average Bonchev–Trinajstić information content (AvgIpc) is 3.34. The van der Waals surface area contributed by atoms with Gasteiger partial charge in [-0.2, -0.15) is 5.26 Å². The molecule has 0 saturated heterocycles. The average molecular weight is 600 g/mol. The molecule has 1 aliphatic heterocycles. The topological polar surface area (TPSA) is 93.7 Å². The molecule has 1 atom stereocenters. The molecule has 0 amide bonds. The summed E-state index contributed by atoms with van der Waals surface area (Å²) in [6, 6.07) is 28.4. The van der Waals surface area contributed by atoms with Crippen molar-refractivity contribution >= 4 is 34.2 Å². The third-order valence-electron chi connectivity index (χ3n) is 7.64. The van der Waals surface area contributed by atoms with Gasteiger partial charge >= 0.3 is 5.97 Å². The molecule has 0 spiro atoms. The molecular formula is C36H29N3O4S. The number of nitrogens with zero attached hydrogens (tertiary/aromatic N) is 3. The Morgan fingerprint density at radius 2 is 1.77 bits per heavy atom. The molecule has 5 aromatic rings. The van der Waals surface area contributed by atoms with Crippen LogP contribution in [0.25, 0.3) is 16.8 Å². The predicted molar refractivity (Wildman–Crippen MR) is 171 cm³/mol. The first-order chi connectivity index (χ1) is 21.4. The number of aryl methyl sites for hydroxylation is 1. The normalized spacial score (nSPS) is 14.6. The van der Waals surface area contributed by atoms with Crippen molar-refractivity contribution < 1.29 is 14.3 Å². The van der Waals surface area contributed by atoms with Crippen LogP contribution in [0.3, 0.4) is 0 Å². The van der Waals surface area contributed by atoms with Crippen molar-refractivity contribution in [2.45, 2.75) is 33.4 Å². The van der Waals surface area contributed by atoms with Crippen LogP contribution in [0.15, 0.2) is 106 Å². The lowest BCUT2D eigenvalue weighted by atomic mass is 9.95. The number of benzene rings is 4. The lowest BCUT2D eigenvalue weighted by molar-refractivity contribution is -0.139. The highest BCUT2D eigenvalue weighted by Gasteiger charge is 2.33. The summed E-state index contributed by atoms with van der Waals surface area (Å²) in [7, 11) is 0. The van der Waals surface area contributed by atoms with Gasteiger partial charge in [-0.15, -0.1) is 0 Å². The summed E-state index contributed by atoms with van der Waals surface area (Å²) in [5.74, 6) is 0.0942. The van der Waals surface area contributed by atoms with Crippen LogP contribution in [0, 0.1) is 18.3 Å². The van der Waals surface area contributed by atoms with Gasteiger partial charge in [0.2, 0.25) is 0 Å². The molecular weight excluding hydrogens is 570 g/mol. The minimum absolute atomic E-state index is 0.194. The molecule has 2 heterocycles. The zero-order valence-corrected chi connectivity index (χ0v) is 25.4. The quantitative estimate of drug-likeness (QED) is 0.224. The molecule has 8 heteroatoms. The van der Waals surface area contributed by atoms with Gasteiger partial charge in [0, 0.05) is 11.1 Å². The number of fused-ring (bicyclic) bond motifs is 2. The van der Waals surface area contributed by atoms with E-state index in [-0.39, 0.29) is 18.8 Å². The third kappa shape index (κ3) is 5.34. The van der Waals surface area contributed by atoms with Crippen molar-refractivity contribution in [1.29, 1.82) is 5.26 Å². The van der Waals surface area contributed by atoms with Gasteiger partial charge in [0.25, 0.3) is 5.56 Å². The second-order valence-corrected chi connectivity index (χ2v) is 11.5. The maximum absolute atomic E-state index is 14.2. The van der Waals surface area contributed by atoms with Crippen LogP contribution in [-0.4, -0.2) is 17.1 Å². The highest BCUT2D eigenvalue weighted by Crippen LogP contribution is 2.32. The van der Waals surface area contributed by atoms with Crippen molar-refractivity contribution in [2.75, 3.05) is 6.61 Å². The van der Waals surface area contributed by atoms with E-state index in [0.29, 0.717) is 31.9 Å². The summed E-state index contributed by atoms with van der Waals surface area (Å²) in [5, 5.41) is 11.5. The van der Waals surface area contributed by atoms with E-state index < -0.39 is 12.0 Å². The zero-order valence-electron chi connectivity index (χ0n) is 24.5. The van der Waals surface area contributed by atoms with Crippen LogP contribution in [0.2, 0.25) is 0 Å². The van der Waals surface area contributed by atoms with Gasteiger partial charge in [-0.25, -0.2) is 9.79 Å². The second kappa shape index (κ2) is 12.2. The number of carbonyl (C=O) groups is 1. The molecule has 0 unspecified atom stereocenters. The van der Waals surface area contributed by atoms with E-state index in [2.05, 4.69) is 6.07 Å². The first-order valence-corrected chi connectivity index (χ1v) is 15.1. The maximum Gasteiger partial charge on any atom is 0.338 e. The van der Waals surface area contributed by atoms with E-state index in [1.807, 2.05) is 91.9 Å². The number of hydrogen-bond acceptors (Lipinski definition) is 7. The van der Waals surface area contributed by atoms with Gasteiger partial charge in [0.15, 0.2) is 4.80 Å². The molecule has 0 fully saturated rings. The summed E-state index contributed by atoms with van der Waals surface area (Å²) >= 11 is 1.27. The molecule has 44 heavy (non-hydrogen) atoms. The van der Waals surface area contributed by atoms with Crippen LogP contribution in [0.1, 0.15) is 47.7 Å². The Morgan fingerprint density at radius 1 is 1.02 bits per heavy atom. The Labute approximate surface area is 258 Å². The number of aromatic nitrogens is 1. The SMILES string of the molecule is CCOC(=O)C1=C(C)N=c2s/c(=C\c3c(OCc4ccccc4C#N)ccc4ccccc34)c(=O)n2[C@H]1c1ccc(C)cc1. The number of carbonyl (C=O) groups excluding carboxylic acids is 1. The number of rotatable bonds is 7. The molecule has 1 aromatic heterocycles. The molecule has 1 aliphatic rings. The van der Waals surface area contributed by atoms with Gasteiger partial charge in [-0.3, -0.25) is 9.36 Å². The molecule has 6 rings (SSSR count). The number of nitriles is 1. The molecule has 0 saturated carbocycles. The van der Waals surface area contributed by atoms with E-state index in [1.54, 1.807) is 24.5 Å². The van der Waals surface area contributed by atoms with E-state index in [4.69, 9.17) is 14.5 Å². The molecule has 0 aliphatic carbocycles. The van der Waals surface area contributed by atoms with Crippen LogP contribution in [0.4, 0.5) is 0 Å². The number of esters is 1. The summed E-state index contributed by atoms with van der Waals surface area (Å²) in [4.78, 5) is 32.7. The van der Waals surface area contributed by atoms with Crippen LogP contribution < -0.4 is 19.6 Å². The molecule has 218 valence electrons. The highest BCUT2D eigenvalue weighted by molar-refractivity contribution is 7.07.